The summed E-state index contributed by atoms with van der Waals surface area (Å²) in [5.74, 6) is 0.701. The van der Waals surface area contributed by atoms with E-state index in [9.17, 15) is 18.0 Å². The van der Waals surface area contributed by atoms with Crippen LogP contribution in [0.3, 0.4) is 0 Å². The van der Waals surface area contributed by atoms with Crippen LogP contribution in [0.15, 0.2) is 45.6 Å². The minimum atomic E-state index is -3.71. The third kappa shape index (κ3) is 5.11. The summed E-state index contributed by atoms with van der Waals surface area (Å²) in [4.78, 5) is 24.5. The van der Waals surface area contributed by atoms with Crippen molar-refractivity contribution in [3.8, 4) is 34.3 Å². The SMILES string of the molecule is COc1ccc(-c2cc(=O)c3c(OC)cc(OCC(=O)NS(C)(=O)=O)cc3o2)cc1OC. The Hall–Kier alpha value is -3.73. The molecule has 0 atom stereocenters. The summed E-state index contributed by atoms with van der Waals surface area (Å²) >= 11 is 0. The van der Waals surface area contributed by atoms with Crippen molar-refractivity contribution >= 4 is 26.9 Å². The number of benzene rings is 2. The number of amides is 1. The number of carbonyl (C=O) groups is 1. The van der Waals surface area contributed by atoms with E-state index in [1.54, 1.807) is 22.9 Å². The summed E-state index contributed by atoms with van der Waals surface area (Å²) in [7, 11) is 0.665. The molecule has 0 saturated heterocycles. The summed E-state index contributed by atoms with van der Waals surface area (Å²) in [6.07, 6.45) is 0.855. The Morgan fingerprint density at radius 1 is 0.969 bits per heavy atom. The number of rotatable bonds is 8. The molecule has 0 saturated carbocycles. The van der Waals surface area contributed by atoms with Crippen molar-refractivity contribution in [1.29, 1.82) is 0 Å². The maximum Gasteiger partial charge on any atom is 0.271 e. The van der Waals surface area contributed by atoms with Gasteiger partial charge in [0.15, 0.2) is 23.5 Å². The number of ether oxygens (including phenoxy) is 4. The summed E-state index contributed by atoms with van der Waals surface area (Å²) in [6, 6.07) is 9.19. The van der Waals surface area contributed by atoms with E-state index in [0.717, 1.165) is 6.26 Å². The topological polar surface area (TPSA) is 130 Å². The Labute approximate surface area is 183 Å². The van der Waals surface area contributed by atoms with Crippen LogP contribution in [-0.2, 0) is 14.8 Å². The van der Waals surface area contributed by atoms with Gasteiger partial charge in [-0.05, 0) is 18.2 Å². The van der Waals surface area contributed by atoms with Crippen LogP contribution in [0, 0.1) is 0 Å². The average molecular weight is 463 g/mol. The lowest BCUT2D eigenvalue weighted by molar-refractivity contribution is -0.121. The first-order valence-electron chi connectivity index (χ1n) is 9.17. The van der Waals surface area contributed by atoms with Gasteiger partial charge in [0.2, 0.25) is 10.0 Å². The van der Waals surface area contributed by atoms with Crippen molar-refractivity contribution in [3.63, 3.8) is 0 Å². The number of hydrogen-bond donors (Lipinski definition) is 1. The standard InChI is InChI=1S/C21H21NO9S/c1-27-15-6-5-12(7-17(15)28-2)16-10-14(23)21-18(29-3)8-13(9-19(21)31-16)30-11-20(24)22-32(4,25)26/h5-10H,11H2,1-4H3,(H,22,24). The van der Waals surface area contributed by atoms with Gasteiger partial charge in [0, 0.05) is 23.8 Å². The first-order valence-corrected chi connectivity index (χ1v) is 11.1. The van der Waals surface area contributed by atoms with Gasteiger partial charge >= 0.3 is 0 Å². The van der Waals surface area contributed by atoms with Crippen LogP contribution < -0.4 is 29.1 Å². The molecule has 0 radical (unpaired) electrons. The molecule has 170 valence electrons. The molecule has 3 aromatic rings. The second-order valence-electron chi connectivity index (χ2n) is 6.63. The molecule has 10 nitrogen and oxygen atoms in total. The molecule has 0 spiro atoms. The van der Waals surface area contributed by atoms with Crippen LogP contribution in [0.4, 0.5) is 0 Å². The van der Waals surface area contributed by atoms with Crippen LogP contribution in [0.2, 0.25) is 0 Å². The fraction of sp³-hybridized carbons (Fsp3) is 0.238. The Balaban J connectivity index is 2.02. The van der Waals surface area contributed by atoms with E-state index in [4.69, 9.17) is 23.4 Å². The lowest BCUT2D eigenvalue weighted by Crippen LogP contribution is -2.33. The van der Waals surface area contributed by atoms with Crippen LogP contribution >= 0.6 is 0 Å². The number of fused-ring (bicyclic) bond motifs is 1. The van der Waals surface area contributed by atoms with Crippen LogP contribution in [-0.4, -0.2) is 48.5 Å². The highest BCUT2D eigenvalue weighted by Crippen LogP contribution is 2.35. The normalized spacial score (nSPS) is 11.1. The smallest absolute Gasteiger partial charge is 0.271 e. The fourth-order valence-electron chi connectivity index (χ4n) is 2.99. The van der Waals surface area contributed by atoms with Gasteiger partial charge in [-0.3, -0.25) is 14.3 Å². The van der Waals surface area contributed by atoms with Gasteiger partial charge in [0.25, 0.3) is 5.91 Å². The quantitative estimate of drug-likeness (QED) is 0.532. The van der Waals surface area contributed by atoms with Crippen LogP contribution in [0.1, 0.15) is 0 Å². The molecule has 0 aliphatic carbocycles. The third-order valence-corrected chi connectivity index (χ3v) is 4.92. The Morgan fingerprint density at radius 2 is 1.66 bits per heavy atom. The second-order valence-corrected chi connectivity index (χ2v) is 8.38. The first kappa shape index (κ1) is 22.9. The van der Waals surface area contributed by atoms with Crippen molar-refractivity contribution in [2.24, 2.45) is 0 Å². The molecule has 1 heterocycles. The highest BCUT2D eigenvalue weighted by atomic mass is 32.2. The zero-order chi connectivity index (χ0) is 23.5. The summed E-state index contributed by atoms with van der Waals surface area (Å²) in [5, 5.41) is 0.185. The van der Waals surface area contributed by atoms with Crippen LogP contribution in [0.5, 0.6) is 23.0 Å². The van der Waals surface area contributed by atoms with Gasteiger partial charge in [-0.25, -0.2) is 8.42 Å². The summed E-state index contributed by atoms with van der Waals surface area (Å²) < 4.78 is 51.2. The number of sulfonamides is 1. The minimum Gasteiger partial charge on any atom is -0.496 e. The summed E-state index contributed by atoms with van der Waals surface area (Å²) in [5.41, 5.74) is 0.369. The van der Waals surface area contributed by atoms with Gasteiger partial charge in [-0.1, -0.05) is 0 Å². The zero-order valence-electron chi connectivity index (χ0n) is 17.8. The molecular weight excluding hydrogens is 442 g/mol. The van der Waals surface area contributed by atoms with Crippen LogP contribution in [0.25, 0.3) is 22.3 Å². The highest BCUT2D eigenvalue weighted by molar-refractivity contribution is 7.89. The zero-order valence-corrected chi connectivity index (χ0v) is 18.6. The maximum atomic E-state index is 12.8. The highest BCUT2D eigenvalue weighted by Gasteiger charge is 2.16. The van der Waals surface area contributed by atoms with E-state index >= 15 is 0 Å². The molecule has 1 aromatic heterocycles. The third-order valence-electron chi connectivity index (χ3n) is 4.33. The minimum absolute atomic E-state index is 0.144. The van der Waals surface area contributed by atoms with E-state index in [1.165, 1.54) is 39.5 Å². The van der Waals surface area contributed by atoms with E-state index < -0.39 is 22.5 Å². The summed E-state index contributed by atoms with van der Waals surface area (Å²) in [6.45, 7) is -0.568. The number of nitrogens with one attached hydrogen (secondary N) is 1. The van der Waals surface area contributed by atoms with Gasteiger partial charge in [0.1, 0.15) is 28.2 Å². The molecule has 11 heteroatoms. The van der Waals surface area contributed by atoms with E-state index in [2.05, 4.69) is 0 Å². The van der Waals surface area contributed by atoms with Gasteiger partial charge in [-0.2, -0.15) is 0 Å². The maximum absolute atomic E-state index is 12.8. The molecule has 1 amide bonds. The largest absolute Gasteiger partial charge is 0.496 e. The van der Waals surface area contributed by atoms with E-state index in [1.807, 2.05) is 0 Å². The molecule has 0 bridgehead atoms. The second kappa shape index (κ2) is 9.18. The Morgan fingerprint density at radius 3 is 2.28 bits per heavy atom. The molecule has 0 aliphatic heterocycles. The van der Waals surface area contributed by atoms with E-state index in [-0.39, 0.29) is 33.7 Å². The monoisotopic (exact) mass is 463 g/mol. The Bertz CT molecular complexity index is 1330. The molecule has 0 unspecified atom stereocenters. The molecular formula is C21H21NO9S. The Kier molecular flexibility index (Phi) is 6.58. The molecule has 3 rings (SSSR count). The van der Waals surface area contributed by atoms with Gasteiger partial charge < -0.3 is 23.4 Å². The molecule has 1 N–H and O–H groups in total. The van der Waals surface area contributed by atoms with Crippen molar-refractivity contribution in [1.82, 2.24) is 4.72 Å². The molecule has 0 fully saturated rings. The predicted molar refractivity (Wildman–Crippen MR) is 116 cm³/mol. The van der Waals surface area contributed by atoms with Crippen molar-refractivity contribution in [3.05, 3.63) is 46.6 Å². The van der Waals surface area contributed by atoms with E-state index in [0.29, 0.717) is 17.1 Å². The van der Waals surface area contributed by atoms with Gasteiger partial charge in [-0.15, -0.1) is 0 Å². The lowest BCUT2D eigenvalue weighted by Gasteiger charge is -2.12. The van der Waals surface area contributed by atoms with Crippen molar-refractivity contribution in [2.45, 2.75) is 0 Å². The molecule has 0 aliphatic rings. The number of methoxy groups -OCH3 is 3. The predicted octanol–water partition coefficient (Wildman–Crippen LogP) is 1.94. The van der Waals surface area contributed by atoms with Crippen molar-refractivity contribution < 1.29 is 36.6 Å². The molecule has 2 aromatic carbocycles. The number of hydrogen-bond acceptors (Lipinski definition) is 9. The first-order chi connectivity index (χ1) is 15.1. The average Bonchev–Trinajstić information content (AvgIpc) is 2.75. The van der Waals surface area contributed by atoms with Crippen molar-refractivity contribution in [2.75, 3.05) is 34.2 Å². The number of carbonyl (C=O) groups excluding carboxylic acids is 1. The fourth-order valence-corrected chi connectivity index (χ4v) is 3.46. The lowest BCUT2D eigenvalue weighted by atomic mass is 10.1. The van der Waals surface area contributed by atoms with Gasteiger partial charge in [0.05, 0.1) is 27.6 Å². The molecule has 32 heavy (non-hydrogen) atoms.